The number of imide groups is 1. The topological polar surface area (TPSA) is 74.6 Å². The molecule has 0 aliphatic carbocycles. The molecule has 0 aromatic carbocycles. The van der Waals surface area contributed by atoms with Crippen molar-refractivity contribution in [3.63, 3.8) is 0 Å². The Bertz CT molecular complexity index is 627. The number of thiophene rings is 1. The lowest BCUT2D eigenvalue weighted by Gasteiger charge is -2.14. The van der Waals surface area contributed by atoms with Gasteiger partial charge < -0.3 is 9.73 Å². The average molecular weight is 386 g/mol. The molecule has 0 bridgehead atoms. The number of nitrogens with zero attached hydrogens (tertiary/aromatic N) is 1. The third-order valence-electron chi connectivity index (χ3n) is 2.72. The Morgan fingerprint density at radius 2 is 2.18 bits per heavy atom. The predicted molar refractivity (Wildman–Crippen MR) is 87.4 cm³/mol. The Morgan fingerprint density at radius 1 is 1.36 bits per heavy atom. The van der Waals surface area contributed by atoms with E-state index in [-0.39, 0.29) is 19.0 Å². The first kappa shape index (κ1) is 16.7. The summed E-state index contributed by atoms with van der Waals surface area (Å²) in [5, 5.41) is 4.84. The van der Waals surface area contributed by atoms with E-state index in [1.807, 2.05) is 24.1 Å². The van der Waals surface area contributed by atoms with Gasteiger partial charge in [0.1, 0.15) is 5.76 Å². The fourth-order valence-corrected chi connectivity index (χ4v) is 3.36. The number of hydrogen-bond donors (Lipinski definition) is 2. The summed E-state index contributed by atoms with van der Waals surface area (Å²) in [6.45, 7) is 1.03. The van der Waals surface area contributed by atoms with Crippen molar-refractivity contribution in [2.75, 3.05) is 13.6 Å². The van der Waals surface area contributed by atoms with Crippen molar-refractivity contribution in [1.82, 2.24) is 15.5 Å². The molecule has 6 nitrogen and oxygen atoms in total. The summed E-state index contributed by atoms with van der Waals surface area (Å²) in [6, 6.07) is 6.91. The Labute approximate surface area is 140 Å². The van der Waals surface area contributed by atoms with Crippen LogP contribution in [0.5, 0.6) is 0 Å². The van der Waals surface area contributed by atoms with Gasteiger partial charge in [-0.1, -0.05) is 0 Å². The quantitative estimate of drug-likeness (QED) is 0.800. The van der Waals surface area contributed by atoms with Gasteiger partial charge in [-0.25, -0.2) is 4.79 Å². The predicted octanol–water partition coefficient (Wildman–Crippen LogP) is 2.56. The molecule has 3 amide bonds. The van der Waals surface area contributed by atoms with Gasteiger partial charge >= 0.3 is 6.03 Å². The monoisotopic (exact) mass is 385 g/mol. The van der Waals surface area contributed by atoms with Gasteiger partial charge in [-0.3, -0.25) is 15.0 Å². The van der Waals surface area contributed by atoms with Gasteiger partial charge in [0.25, 0.3) is 0 Å². The number of carbonyl (C=O) groups is 2. The molecule has 2 aromatic rings. The average Bonchev–Trinajstić information content (AvgIpc) is 3.07. The zero-order valence-corrected chi connectivity index (χ0v) is 14.4. The third kappa shape index (κ3) is 5.63. The van der Waals surface area contributed by atoms with Crippen molar-refractivity contribution in [2.24, 2.45) is 0 Å². The summed E-state index contributed by atoms with van der Waals surface area (Å²) in [6.07, 6.45) is 1.53. The SMILES string of the molecule is CN(CC(=O)NC(=O)NCc1ccco1)Cc1ccc(Br)s1. The first-order valence-corrected chi connectivity index (χ1v) is 8.16. The van der Waals surface area contributed by atoms with E-state index in [2.05, 4.69) is 26.6 Å². The highest BCUT2D eigenvalue weighted by molar-refractivity contribution is 9.11. The van der Waals surface area contributed by atoms with Gasteiger partial charge in [0, 0.05) is 11.4 Å². The smallest absolute Gasteiger partial charge is 0.321 e. The van der Waals surface area contributed by atoms with Crippen LogP contribution in [0.3, 0.4) is 0 Å². The minimum absolute atomic E-state index is 0.143. The first-order chi connectivity index (χ1) is 10.5. The molecular weight excluding hydrogens is 370 g/mol. The fraction of sp³-hybridized carbons (Fsp3) is 0.286. The minimum atomic E-state index is -0.534. The molecule has 0 spiro atoms. The largest absolute Gasteiger partial charge is 0.467 e. The van der Waals surface area contributed by atoms with Crippen molar-refractivity contribution >= 4 is 39.2 Å². The summed E-state index contributed by atoms with van der Waals surface area (Å²) in [5.74, 6) is 0.276. The normalized spacial score (nSPS) is 10.7. The van der Waals surface area contributed by atoms with E-state index in [1.54, 1.807) is 23.5 Å². The third-order valence-corrected chi connectivity index (χ3v) is 4.33. The summed E-state index contributed by atoms with van der Waals surface area (Å²) in [4.78, 5) is 26.3. The van der Waals surface area contributed by atoms with Crippen molar-refractivity contribution in [1.29, 1.82) is 0 Å². The van der Waals surface area contributed by atoms with Crippen molar-refractivity contribution in [3.8, 4) is 0 Å². The number of furan rings is 1. The lowest BCUT2D eigenvalue weighted by Crippen LogP contribution is -2.43. The van der Waals surface area contributed by atoms with Crippen LogP contribution in [0.2, 0.25) is 0 Å². The summed E-state index contributed by atoms with van der Waals surface area (Å²) >= 11 is 5.02. The van der Waals surface area contributed by atoms with Crippen LogP contribution >= 0.6 is 27.3 Å². The number of halogens is 1. The molecule has 0 saturated carbocycles. The molecule has 0 aliphatic heterocycles. The van der Waals surface area contributed by atoms with E-state index in [0.29, 0.717) is 12.3 Å². The Kier molecular flexibility index (Phi) is 6.17. The number of urea groups is 1. The standard InChI is InChI=1S/C14H16BrN3O3S/c1-18(8-11-4-5-12(15)22-11)9-13(19)17-14(20)16-7-10-3-2-6-21-10/h2-6H,7-9H2,1H3,(H2,16,17,19,20). The van der Waals surface area contributed by atoms with E-state index >= 15 is 0 Å². The second-order valence-electron chi connectivity index (χ2n) is 4.69. The van der Waals surface area contributed by atoms with Crippen molar-refractivity contribution < 1.29 is 14.0 Å². The maximum Gasteiger partial charge on any atom is 0.321 e. The molecule has 2 rings (SSSR count). The highest BCUT2D eigenvalue weighted by atomic mass is 79.9. The molecule has 2 N–H and O–H groups in total. The van der Waals surface area contributed by atoms with Crippen LogP contribution in [0, 0.1) is 0 Å². The van der Waals surface area contributed by atoms with Gasteiger partial charge in [-0.15, -0.1) is 11.3 Å². The molecular formula is C14H16BrN3O3S. The van der Waals surface area contributed by atoms with Crippen LogP contribution in [-0.4, -0.2) is 30.4 Å². The van der Waals surface area contributed by atoms with E-state index in [1.165, 1.54) is 6.26 Å². The molecule has 2 heterocycles. The highest BCUT2D eigenvalue weighted by Crippen LogP contribution is 2.22. The molecule has 0 atom stereocenters. The number of rotatable bonds is 6. The second kappa shape index (κ2) is 8.11. The molecule has 0 radical (unpaired) electrons. The van der Waals surface area contributed by atoms with E-state index < -0.39 is 6.03 Å². The minimum Gasteiger partial charge on any atom is -0.467 e. The molecule has 22 heavy (non-hydrogen) atoms. The highest BCUT2D eigenvalue weighted by Gasteiger charge is 2.11. The van der Waals surface area contributed by atoms with Crippen molar-refractivity contribution in [2.45, 2.75) is 13.1 Å². The van der Waals surface area contributed by atoms with Gasteiger partial charge in [-0.05, 0) is 47.2 Å². The number of nitrogens with one attached hydrogen (secondary N) is 2. The Hall–Kier alpha value is -1.64. The van der Waals surface area contributed by atoms with Crippen LogP contribution in [0.1, 0.15) is 10.6 Å². The van der Waals surface area contributed by atoms with E-state index in [9.17, 15) is 9.59 Å². The summed E-state index contributed by atoms with van der Waals surface area (Å²) < 4.78 is 6.14. The van der Waals surface area contributed by atoms with E-state index in [0.717, 1.165) is 8.66 Å². The molecule has 0 unspecified atom stereocenters. The maximum absolute atomic E-state index is 11.8. The van der Waals surface area contributed by atoms with E-state index in [4.69, 9.17) is 4.42 Å². The van der Waals surface area contributed by atoms with Crippen LogP contribution in [0.4, 0.5) is 4.79 Å². The number of hydrogen-bond acceptors (Lipinski definition) is 5. The number of amides is 3. The zero-order chi connectivity index (χ0) is 15.9. The second-order valence-corrected chi connectivity index (χ2v) is 7.24. The van der Waals surface area contributed by atoms with Crippen LogP contribution < -0.4 is 10.6 Å². The molecule has 0 fully saturated rings. The lowest BCUT2D eigenvalue weighted by molar-refractivity contribution is -0.120. The molecule has 8 heteroatoms. The molecule has 2 aromatic heterocycles. The Balaban J connectivity index is 1.69. The molecule has 118 valence electrons. The summed E-state index contributed by atoms with van der Waals surface area (Å²) in [5.41, 5.74) is 0. The number of carbonyl (C=O) groups excluding carboxylic acids is 2. The van der Waals surface area contributed by atoms with Gasteiger partial charge in [0.2, 0.25) is 5.91 Å². The van der Waals surface area contributed by atoms with Crippen LogP contribution in [-0.2, 0) is 17.9 Å². The lowest BCUT2D eigenvalue weighted by atomic mass is 10.4. The van der Waals surface area contributed by atoms with Crippen LogP contribution in [0.15, 0.2) is 38.7 Å². The Morgan fingerprint density at radius 3 is 2.82 bits per heavy atom. The zero-order valence-electron chi connectivity index (χ0n) is 12.0. The molecule has 0 saturated heterocycles. The maximum atomic E-state index is 11.8. The van der Waals surface area contributed by atoms with Gasteiger partial charge in [0.05, 0.1) is 23.1 Å². The fourth-order valence-electron chi connectivity index (χ4n) is 1.79. The summed E-state index contributed by atoms with van der Waals surface area (Å²) in [7, 11) is 1.83. The first-order valence-electron chi connectivity index (χ1n) is 6.56. The van der Waals surface area contributed by atoms with Gasteiger partial charge in [0.15, 0.2) is 0 Å². The van der Waals surface area contributed by atoms with Gasteiger partial charge in [-0.2, -0.15) is 0 Å². The van der Waals surface area contributed by atoms with Crippen LogP contribution in [0.25, 0.3) is 0 Å². The molecule has 0 aliphatic rings. The number of likely N-dealkylation sites (N-methyl/N-ethyl adjacent to an activating group) is 1. The van der Waals surface area contributed by atoms with Crippen molar-refractivity contribution in [3.05, 3.63) is 45.0 Å².